The molecule has 2 saturated heterocycles. The minimum atomic E-state index is -3.83. The van der Waals surface area contributed by atoms with Crippen LogP contribution in [0.2, 0.25) is 50.2 Å². The van der Waals surface area contributed by atoms with Crippen molar-refractivity contribution in [3.05, 3.63) is 50.2 Å². The SMILES string of the molecule is O=P1(Sc2c(Cl)c(Cl)c(Cl)c(Cl)c2Cl)OCC2(CO1)COP(=O)(Sc1c(Cl)c(Cl)c(Cl)c(Cl)c1Cl)OC2. The third kappa shape index (κ3) is 6.49. The predicted molar refractivity (Wildman–Crippen MR) is 156 cm³/mol. The number of hydrogen-bond acceptors (Lipinski definition) is 8. The van der Waals surface area contributed by atoms with Crippen LogP contribution in [0.4, 0.5) is 0 Å². The summed E-state index contributed by atoms with van der Waals surface area (Å²) in [5.41, 5.74) is -0.922. The van der Waals surface area contributed by atoms with Crippen LogP contribution < -0.4 is 0 Å². The lowest BCUT2D eigenvalue weighted by Crippen LogP contribution is -2.45. The van der Waals surface area contributed by atoms with Crippen molar-refractivity contribution in [2.75, 3.05) is 26.4 Å². The highest BCUT2D eigenvalue weighted by atomic mass is 35.5. The highest BCUT2D eigenvalue weighted by Gasteiger charge is 2.50. The summed E-state index contributed by atoms with van der Waals surface area (Å²) in [7, 11) is 0. The standard InChI is InChI=1S/C17H8Cl10O6P2S2/c18-5-7(20)11(24)15(12(25)8(5)21)36-34(28)30-1-17(2-31-34)3-32-35(29,33-4-17)37-16-13(26)9(22)6(19)10(23)14(16)27/h1-4H2. The van der Waals surface area contributed by atoms with Crippen molar-refractivity contribution in [3.63, 3.8) is 0 Å². The average molecular weight is 789 g/mol. The maximum atomic E-state index is 13.3. The van der Waals surface area contributed by atoms with Gasteiger partial charge in [0.25, 0.3) is 0 Å². The minimum absolute atomic E-state index is 0.0464. The van der Waals surface area contributed by atoms with Gasteiger partial charge in [0.2, 0.25) is 0 Å². The molecule has 20 heteroatoms. The van der Waals surface area contributed by atoms with E-state index in [0.717, 1.165) is 0 Å². The molecule has 0 amide bonds. The first-order chi connectivity index (χ1) is 17.1. The van der Waals surface area contributed by atoms with E-state index in [9.17, 15) is 9.13 Å². The third-order valence-corrected chi connectivity index (χ3v) is 17.0. The summed E-state index contributed by atoms with van der Waals surface area (Å²) >= 11 is 62.4. The Hall–Kier alpha value is 2.34. The Morgan fingerprint density at radius 3 is 0.919 bits per heavy atom. The Balaban J connectivity index is 1.45. The molecule has 204 valence electrons. The van der Waals surface area contributed by atoms with Crippen molar-refractivity contribution < 1.29 is 27.2 Å². The fourth-order valence-corrected chi connectivity index (χ4v) is 13.4. The zero-order valence-corrected chi connectivity index (χ0v) is 28.2. The zero-order valence-electron chi connectivity index (χ0n) is 17.3. The molecule has 0 saturated carbocycles. The zero-order chi connectivity index (χ0) is 27.5. The lowest BCUT2D eigenvalue weighted by Gasteiger charge is -2.42. The molecule has 0 atom stereocenters. The van der Waals surface area contributed by atoms with Gasteiger partial charge in [-0.3, -0.25) is 18.1 Å². The fraction of sp³-hybridized carbons (Fsp3) is 0.294. The van der Waals surface area contributed by atoms with Gasteiger partial charge in [-0.15, -0.1) is 0 Å². The first-order valence-corrected chi connectivity index (χ1v) is 19.0. The second-order valence-corrected chi connectivity index (χ2v) is 19.0. The smallest absolute Gasteiger partial charge is 0.300 e. The highest BCUT2D eigenvalue weighted by Crippen LogP contribution is 2.72. The van der Waals surface area contributed by atoms with Crippen LogP contribution in [0, 0.1) is 5.41 Å². The summed E-state index contributed by atoms with van der Waals surface area (Å²) < 4.78 is 48.8. The second-order valence-electron chi connectivity index (χ2n) is 7.47. The second kappa shape index (κ2) is 12.1. The van der Waals surface area contributed by atoms with Crippen molar-refractivity contribution in [1.82, 2.24) is 0 Å². The molecule has 0 unspecified atom stereocenters. The van der Waals surface area contributed by atoms with Crippen molar-refractivity contribution >= 4 is 152 Å². The van der Waals surface area contributed by atoms with Crippen LogP contribution in [0.25, 0.3) is 0 Å². The van der Waals surface area contributed by atoms with E-state index >= 15 is 0 Å². The van der Waals surface area contributed by atoms with Crippen molar-refractivity contribution in [2.45, 2.75) is 9.79 Å². The maximum absolute atomic E-state index is 13.3. The molecule has 6 nitrogen and oxygen atoms in total. The molecule has 0 aromatic heterocycles. The Kier molecular flexibility index (Phi) is 10.6. The summed E-state index contributed by atoms with van der Waals surface area (Å²) in [5.74, 6) is 0. The van der Waals surface area contributed by atoms with Gasteiger partial charge in [0.1, 0.15) is 0 Å². The number of rotatable bonds is 4. The molecule has 0 radical (unpaired) electrons. The van der Waals surface area contributed by atoms with E-state index < -0.39 is 19.0 Å². The largest absolute Gasteiger partial charge is 0.394 e. The summed E-state index contributed by atoms with van der Waals surface area (Å²) in [6, 6.07) is 0. The van der Waals surface area contributed by atoms with E-state index in [2.05, 4.69) is 0 Å². The summed E-state index contributed by atoms with van der Waals surface area (Å²) in [6.45, 7) is -8.18. The van der Waals surface area contributed by atoms with Crippen molar-refractivity contribution in [2.24, 2.45) is 5.41 Å². The van der Waals surface area contributed by atoms with E-state index in [0.29, 0.717) is 22.8 Å². The van der Waals surface area contributed by atoms with Crippen LogP contribution in [0.1, 0.15) is 0 Å². The van der Waals surface area contributed by atoms with Gasteiger partial charge in [-0.25, -0.2) is 9.13 Å². The quantitative estimate of drug-likeness (QED) is 0.172. The third-order valence-electron chi connectivity index (χ3n) is 4.86. The normalized spacial score (nSPS) is 28.2. The first kappa shape index (κ1) is 32.3. The van der Waals surface area contributed by atoms with E-state index in [-0.39, 0.29) is 86.4 Å². The fourth-order valence-electron chi connectivity index (χ4n) is 2.85. The Morgan fingerprint density at radius 1 is 0.459 bits per heavy atom. The highest BCUT2D eigenvalue weighted by molar-refractivity contribution is 8.55. The van der Waals surface area contributed by atoms with Gasteiger partial charge in [-0.1, -0.05) is 116 Å². The molecule has 4 rings (SSSR count). The lowest BCUT2D eigenvalue weighted by atomic mass is 9.93. The van der Waals surface area contributed by atoms with Gasteiger partial charge < -0.3 is 0 Å². The molecule has 2 aliphatic rings. The van der Waals surface area contributed by atoms with Gasteiger partial charge >= 0.3 is 13.6 Å². The summed E-state index contributed by atoms with van der Waals surface area (Å²) in [6.07, 6.45) is 0. The monoisotopic (exact) mass is 784 g/mol. The average Bonchev–Trinajstić information content (AvgIpc) is 2.88. The molecule has 0 N–H and O–H groups in total. The molecule has 1 spiro atoms. The Bertz CT molecular complexity index is 1210. The van der Waals surface area contributed by atoms with Crippen LogP contribution in [-0.4, -0.2) is 26.4 Å². The molecule has 2 fully saturated rings. The number of benzene rings is 2. The maximum Gasteiger partial charge on any atom is 0.394 e. The number of halogens is 10. The van der Waals surface area contributed by atoms with Crippen molar-refractivity contribution in [1.29, 1.82) is 0 Å². The van der Waals surface area contributed by atoms with Gasteiger partial charge in [0.05, 0.1) is 91.9 Å². The minimum Gasteiger partial charge on any atom is -0.300 e. The molecule has 37 heavy (non-hydrogen) atoms. The molecular formula is C17H8Cl10O6P2S2. The van der Waals surface area contributed by atoms with E-state index in [4.69, 9.17) is 134 Å². The molecule has 2 aliphatic heterocycles. The van der Waals surface area contributed by atoms with E-state index in [1.54, 1.807) is 0 Å². The lowest BCUT2D eigenvalue weighted by molar-refractivity contribution is -0.0614. The Morgan fingerprint density at radius 2 is 0.676 bits per heavy atom. The van der Waals surface area contributed by atoms with Crippen LogP contribution in [0.15, 0.2) is 9.79 Å². The predicted octanol–water partition coefficient (Wildman–Crippen LogP) is 12.4. The Labute approximate surface area is 268 Å². The van der Waals surface area contributed by atoms with Gasteiger partial charge in [-0.2, -0.15) is 0 Å². The molecule has 2 heterocycles. The van der Waals surface area contributed by atoms with Gasteiger partial charge in [0, 0.05) is 0 Å². The molecule has 0 aliphatic carbocycles. The van der Waals surface area contributed by atoms with Crippen LogP contribution in [0.3, 0.4) is 0 Å². The van der Waals surface area contributed by atoms with Gasteiger partial charge in [0.15, 0.2) is 0 Å². The van der Waals surface area contributed by atoms with Crippen LogP contribution >= 0.6 is 152 Å². The molecular weight excluding hydrogens is 781 g/mol. The van der Waals surface area contributed by atoms with E-state index in [1.165, 1.54) is 0 Å². The van der Waals surface area contributed by atoms with Gasteiger partial charge in [-0.05, 0) is 22.8 Å². The van der Waals surface area contributed by atoms with E-state index in [1.807, 2.05) is 0 Å². The summed E-state index contributed by atoms with van der Waals surface area (Å²) in [5, 5.41) is -0.586. The molecule has 0 bridgehead atoms. The van der Waals surface area contributed by atoms with Crippen molar-refractivity contribution in [3.8, 4) is 0 Å². The molecule has 2 aromatic carbocycles. The van der Waals surface area contributed by atoms with Crippen LogP contribution in [-0.2, 0) is 27.2 Å². The van der Waals surface area contributed by atoms with Crippen LogP contribution in [0.5, 0.6) is 0 Å². The molecule has 2 aromatic rings. The number of hydrogen-bond donors (Lipinski definition) is 0. The summed E-state index contributed by atoms with van der Waals surface area (Å²) in [4.78, 5) is 0.154. The topological polar surface area (TPSA) is 71.1 Å². The first-order valence-electron chi connectivity index (χ1n) is 9.33.